The molecule has 0 aliphatic carbocycles. The van der Waals surface area contributed by atoms with Crippen molar-refractivity contribution in [2.24, 2.45) is 0 Å². The first-order valence-electron chi connectivity index (χ1n) is 9.86. The predicted octanol–water partition coefficient (Wildman–Crippen LogP) is 2.54. The fraction of sp³-hybridized carbons (Fsp3) is 0.364. The van der Waals surface area contributed by atoms with E-state index in [1.54, 1.807) is 12.1 Å². The van der Waals surface area contributed by atoms with Crippen LogP contribution in [0.5, 0.6) is 0 Å². The number of nitrogens with zero attached hydrogens (tertiary/aromatic N) is 1. The SMILES string of the molecule is O=C(NCc1cccc(F)c1)N[C@@H]1C[C@H]2CO[C@@H](c3ccccc3)CN2C1.O=CO. The quantitative estimate of drug-likeness (QED) is 0.668. The van der Waals surface area contributed by atoms with Gasteiger partial charge in [0.1, 0.15) is 5.82 Å². The number of ether oxygens (including phenoxy) is 1. The molecule has 0 saturated carbocycles. The lowest BCUT2D eigenvalue weighted by atomic mass is 10.1. The topological polar surface area (TPSA) is 90.9 Å². The molecule has 0 bridgehead atoms. The molecule has 2 aromatic rings. The van der Waals surface area contributed by atoms with E-state index in [2.05, 4.69) is 27.7 Å². The Morgan fingerprint density at radius 2 is 1.97 bits per heavy atom. The Balaban J connectivity index is 0.000000806. The summed E-state index contributed by atoms with van der Waals surface area (Å²) < 4.78 is 19.2. The summed E-state index contributed by atoms with van der Waals surface area (Å²) in [5, 5.41) is 12.7. The molecule has 2 aliphatic heterocycles. The van der Waals surface area contributed by atoms with E-state index >= 15 is 0 Å². The number of carbonyl (C=O) groups excluding carboxylic acids is 1. The normalized spacial score (nSPS) is 22.9. The zero-order valence-corrected chi connectivity index (χ0v) is 16.5. The van der Waals surface area contributed by atoms with Crippen molar-refractivity contribution in [3.05, 3.63) is 71.5 Å². The fourth-order valence-electron chi connectivity index (χ4n) is 3.91. The van der Waals surface area contributed by atoms with Crippen molar-refractivity contribution in [1.29, 1.82) is 0 Å². The molecule has 3 atom stereocenters. The minimum absolute atomic E-state index is 0.0861. The molecule has 0 radical (unpaired) electrons. The number of nitrogens with one attached hydrogen (secondary N) is 2. The van der Waals surface area contributed by atoms with Crippen molar-refractivity contribution in [1.82, 2.24) is 15.5 Å². The van der Waals surface area contributed by atoms with E-state index in [1.165, 1.54) is 17.7 Å². The van der Waals surface area contributed by atoms with Gasteiger partial charge in [-0.3, -0.25) is 9.69 Å². The average molecular weight is 415 g/mol. The zero-order valence-electron chi connectivity index (χ0n) is 16.5. The number of hydrogen-bond donors (Lipinski definition) is 3. The monoisotopic (exact) mass is 415 g/mol. The number of halogens is 1. The van der Waals surface area contributed by atoms with Crippen molar-refractivity contribution in [3.8, 4) is 0 Å². The number of carboxylic acid groups (broad SMARTS) is 1. The molecular weight excluding hydrogens is 389 g/mol. The van der Waals surface area contributed by atoms with Gasteiger partial charge in [0.15, 0.2) is 0 Å². The molecular formula is C22H26FN3O4. The molecule has 2 saturated heterocycles. The Hall–Kier alpha value is -2.97. The summed E-state index contributed by atoms with van der Waals surface area (Å²) in [6.07, 6.45) is 0.970. The van der Waals surface area contributed by atoms with Crippen LogP contribution < -0.4 is 10.6 Å². The second-order valence-electron chi connectivity index (χ2n) is 7.34. The number of rotatable bonds is 4. The molecule has 4 rings (SSSR count). The molecule has 160 valence electrons. The number of carbonyl (C=O) groups is 2. The van der Waals surface area contributed by atoms with Crippen LogP contribution in [0.3, 0.4) is 0 Å². The summed E-state index contributed by atoms with van der Waals surface area (Å²) in [7, 11) is 0. The first-order valence-corrected chi connectivity index (χ1v) is 9.86. The van der Waals surface area contributed by atoms with E-state index in [4.69, 9.17) is 14.6 Å². The zero-order chi connectivity index (χ0) is 21.3. The largest absolute Gasteiger partial charge is 0.483 e. The van der Waals surface area contributed by atoms with Gasteiger partial charge in [-0.15, -0.1) is 0 Å². The molecule has 2 heterocycles. The van der Waals surface area contributed by atoms with Crippen molar-refractivity contribution in [2.75, 3.05) is 19.7 Å². The van der Waals surface area contributed by atoms with Crippen LogP contribution in [0.4, 0.5) is 9.18 Å². The Labute approximate surface area is 174 Å². The number of fused-ring (bicyclic) bond motifs is 1. The number of urea groups is 1. The maximum atomic E-state index is 13.2. The molecule has 7 nitrogen and oxygen atoms in total. The van der Waals surface area contributed by atoms with Gasteiger partial charge in [0.2, 0.25) is 0 Å². The molecule has 0 unspecified atom stereocenters. The molecule has 2 fully saturated rings. The van der Waals surface area contributed by atoms with Gasteiger partial charge in [0.05, 0.1) is 12.7 Å². The third-order valence-electron chi connectivity index (χ3n) is 5.27. The third kappa shape index (κ3) is 6.01. The first kappa shape index (κ1) is 21.7. The minimum atomic E-state index is -0.296. The van der Waals surface area contributed by atoms with Crippen molar-refractivity contribution in [3.63, 3.8) is 0 Å². The van der Waals surface area contributed by atoms with E-state index in [0.29, 0.717) is 19.2 Å². The molecule has 2 aromatic carbocycles. The number of morpholine rings is 1. The molecule has 30 heavy (non-hydrogen) atoms. The van der Waals surface area contributed by atoms with Crippen LogP contribution in [0.15, 0.2) is 54.6 Å². The highest BCUT2D eigenvalue weighted by Gasteiger charge is 2.38. The Morgan fingerprint density at radius 3 is 2.70 bits per heavy atom. The molecule has 0 spiro atoms. The standard InChI is InChI=1S/C21H24FN3O2.CH2O2/c22-17-8-4-5-15(9-17)11-23-21(26)24-18-10-19-14-27-20(13-25(19)12-18)16-6-2-1-3-7-16;2-1-3/h1-9,18-20H,10-14H2,(H2,23,24,26);1H,(H,2,3)/t18-,19+,20-;/m1./s1. The summed E-state index contributed by atoms with van der Waals surface area (Å²) >= 11 is 0. The van der Waals surface area contributed by atoms with E-state index < -0.39 is 0 Å². The van der Waals surface area contributed by atoms with Gasteiger partial charge in [-0.05, 0) is 29.7 Å². The van der Waals surface area contributed by atoms with Gasteiger partial charge in [0.25, 0.3) is 6.47 Å². The Kier molecular flexibility index (Phi) is 7.75. The van der Waals surface area contributed by atoms with Crippen LogP contribution >= 0.6 is 0 Å². The van der Waals surface area contributed by atoms with Crippen LogP contribution in [0.1, 0.15) is 23.7 Å². The lowest BCUT2D eigenvalue weighted by Gasteiger charge is -2.35. The van der Waals surface area contributed by atoms with Gasteiger partial charge >= 0.3 is 6.03 Å². The average Bonchev–Trinajstić information content (AvgIpc) is 3.15. The van der Waals surface area contributed by atoms with Gasteiger partial charge in [-0.2, -0.15) is 0 Å². The molecule has 0 aromatic heterocycles. The minimum Gasteiger partial charge on any atom is -0.483 e. The summed E-state index contributed by atoms with van der Waals surface area (Å²) in [6, 6.07) is 16.7. The summed E-state index contributed by atoms with van der Waals surface area (Å²) in [4.78, 5) is 22.9. The third-order valence-corrected chi connectivity index (χ3v) is 5.27. The van der Waals surface area contributed by atoms with E-state index in [0.717, 1.165) is 25.1 Å². The van der Waals surface area contributed by atoms with Gasteiger partial charge in [0, 0.05) is 31.7 Å². The van der Waals surface area contributed by atoms with Crippen molar-refractivity contribution >= 4 is 12.5 Å². The van der Waals surface area contributed by atoms with Crippen LogP contribution in [0.25, 0.3) is 0 Å². The van der Waals surface area contributed by atoms with Crippen LogP contribution in [0, 0.1) is 5.82 Å². The highest BCUT2D eigenvalue weighted by Crippen LogP contribution is 2.30. The second-order valence-corrected chi connectivity index (χ2v) is 7.34. The molecule has 3 N–H and O–H groups in total. The van der Waals surface area contributed by atoms with E-state index in [9.17, 15) is 9.18 Å². The second kappa shape index (κ2) is 10.7. The smallest absolute Gasteiger partial charge is 0.315 e. The van der Waals surface area contributed by atoms with Crippen LogP contribution in [0.2, 0.25) is 0 Å². The molecule has 8 heteroatoms. The molecule has 2 aliphatic rings. The molecule has 2 amide bonds. The van der Waals surface area contributed by atoms with Gasteiger partial charge in [-0.25, -0.2) is 9.18 Å². The fourth-order valence-corrected chi connectivity index (χ4v) is 3.91. The lowest BCUT2D eigenvalue weighted by molar-refractivity contribution is -0.122. The lowest BCUT2D eigenvalue weighted by Crippen LogP contribution is -2.44. The maximum Gasteiger partial charge on any atom is 0.315 e. The summed E-state index contributed by atoms with van der Waals surface area (Å²) in [5.41, 5.74) is 1.94. The maximum absolute atomic E-state index is 13.2. The Bertz CT molecular complexity index is 836. The summed E-state index contributed by atoms with van der Waals surface area (Å²) in [5.74, 6) is -0.296. The van der Waals surface area contributed by atoms with E-state index in [-0.39, 0.29) is 30.5 Å². The Morgan fingerprint density at radius 1 is 1.20 bits per heavy atom. The van der Waals surface area contributed by atoms with Gasteiger partial charge < -0.3 is 20.5 Å². The highest BCUT2D eigenvalue weighted by atomic mass is 19.1. The first-order chi connectivity index (χ1) is 14.6. The highest BCUT2D eigenvalue weighted by molar-refractivity contribution is 5.74. The number of hydrogen-bond acceptors (Lipinski definition) is 4. The summed E-state index contributed by atoms with van der Waals surface area (Å²) in [6.45, 7) is 2.41. The van der Waals surface area contributed by atoms with E-state index in [1.807, 2.05) is 18.2 Å². The van der Waals surface area contributed by atoms with Crippen LogP contribution in [-0.2, 0) is 16.1 Å². The number of amides is 2. The predicted molar refractivity (Wildman–Crippen MR) is 109 cm³/mol. The van der Waals surface area contributed by atoms with Gasteiger partial charge in [-0.1, -0.05) is 42.5 Å². The number of benzene rings is 2. The van der Waals surface area contributed by atoms with Crippen molar-refractivity contribution in [2.45, 2.75) is 31.2 Å². The van der Waals surface area contributed by atoms with Crippen molar-refractivity contribution < 1.29 is 23.8 Å². The van der Waals surface area contributed by atoms with Crippen LogP contribution in [-0.4, -0.2) is 54.3 Å².